The molecule has 1 atom stereocenters. The van der Waals surface area contributed by atoms with Crippen molar-refractivity contribution in [2.24, 2.45) is 4.99 Å². The first-order valence-corrected chi connectivity index (χ1v) is 6.21. The molecule has 96 valence electrons. The number of rotatable bonds is 3. The van der Waals surface area contributed by atoms with Gasteiger partial charge in [-0.2, -0.15) is 0 Å². The van der Waals surface area contributed by atoms with Crippen LogP contribution in [0.25, 0.3) is 0 Å². The molecule has 1 unspecified atom stereocenters. The summed E-state index contributed by atoms with van der Waals surface area (Å²) in [6.45, 7) is 1.08. The van der Waals surface area contributed by atoms with Crippen molar-refractivity contribution in [3.8, 4) is 11.5 Å². The van der Waals surface area contributed by atoms with Crippen molar-refractivity contribution in [1.29, 1.82) is 0 Å². The molecular weight excluding hydrogens is 240 g/mol. The van der Waals surface area contributed by atoms with Crippen LogP contribution in [0.15, 0.2) is 53.7 Å². The number of hydrogen-bond acceptors (Lipinski definition) is 4. The first kappa shape index (κ1) is 11.7. The molecule has 0 aliphatic carbocycles. The maximum absolute atomic E-state index is 5.81. The van der Waals surface area contributed by atoms with Crippen LogP contribution in [0.5, 0.6) is 11.5 Å². The first-order chi connectivity index (χ1) is 9.42. The molecule has 2 heterocycles. The third kappa shape index (κ3) is 2.91. The van der Waals surface area contributed by atoms with E-state index in [1.54, 1.807) is 12.4 Å². The number of aliphatic imine (C=N–C) groups is 1. The van der Waals surface area contributed by atoms with Gasteiger partial charge in [-0.15, -0.1) is 0 Å². The van der Waals surface area contributed by atoms with Gasteiger partial charge in [-0.25, -0.2) is 0 Å². The van der Waals surface area contributed by atoms with Crippen LogP contribution in [0.4, 0.5) is 0 Å². The minimum Gasteiger partial charge on any atom is -0.486 e. The fourth-order valence-corrected chi connectivity index (χ4v) is 1.87. The van der Waals surface area contributed by atoms with E-state index in [0.29, 0.717) is 13.2 Å². The smallest absolute Gasteiger partial charge is 0.161 e. The Kier molecular flexibility index (Phi) is 3.40. The van der Waals surface area contributed by atoms with Crippen molar-refractivity contribution in [3.63, 3.8) is 0 Å². The zero-order valence-electron chi connectivity index (χ0n) is 10.4. The number of benzene rings is 1. The summed E-state index contributed by atoms with van der Waals surface area (Å²) in [7, 11) is 0. The highest BCUT2D eigenvalue weighted by molar-refractivity contribution is 5.76. The van der Waals surface area contributed by atoms with Gasteiger partial charge in [-0.05, 0) is 24.3 Å². The Labute approximate surface area is 111 Å². The lowest BCUT2D eigenvalue weighted by Gasteiger charge is -2.25. The van der Waals surface area contributed by atoms with E-state index in [1.807, 2.05) is 42.5 Å². The van der Waals surface area contributed by atoms with Gasteiger partial charge in [0.2, 0.25) is 0 Å². The highest BCUT2D eigenvalue weighted by atomic mass is 16.6. The Balaban J connectivity index is 1.59. The van der Waals surface area contributed by atoms with Crippen LogP contribution in [0.1, 0.15) is 5.69 Å². The molecule has 0 bridgehead atoms. The predicted molar refractivity (Wildman–Crippen MR) is 73.1 cm³/mol. The Morgan fingerprint density at radius 3 is 2.84 bits per heavy atom. The number of aromatic nitrogens is 1. The van der Waals surface area contributed by atoms with Crippen molar-refractivity contribution in [1.82, 2.24) is 4.98 Å². The lowest BCUT2D eigenvalue weighted by atomic mass is 10.2. The second-order valence-corrected chi connectivity index (χ2v) is 4.25. The molecule has 1 aliphatic rings. The van der Waals surface area contributed by atoms with E-state index in [0.717, 1.165) is 17.2 Å². The summed E-state index contributed by atoms with van der Waals surface area (Å²) >= 11 is 0. The molecule has 0 spiro atoms. The average Bonchev–Trinajstić information content (AvgIpc) is 2.48. The number of fused-ring (bicyclic) bond motifs is 1. The average molecular weight is 254 g/mol. The molecule has 0 saturated heterocycles. The Morgan fingerprint density at radius 1 is 1.16 bits per heavy atom. The zero-order chi connectivity index (χ0) is 12.9. The maximum Gasteiger partial charge on any atom is 0.161 e. The van der Waals surface area contributed by atoms with Crippen molar-refractivity contribution in [2.45, 2.75) is 6.10 Å². The van der Waals surface area contributed by atoms with Crippen molar-refractivity contribution in [2.75, 3.05) is 13.2 Å². The summed E-state index contributed by atoms with van der Waals surface area (Å²) < 4.78 is 11.4. The largest absolute Gasteiger partial charge is 0.486 e. The van der Waals surface area contributed by atoms with E-state index >= 15 is 0 Å². The normalized spacial score (nSPS) is 17.6. The highest BCUT2D eigenvalue weighted by Crippen LogP contribution is 2.30. The summed E-state index contributed by atoms with van der Waals surface area (Å²) in [5, 5.41) is 0. The van der Waals surface area contributed by atoms with Crippen LogP contribution in [-0.2, 0) is 0 Å². The molecule has 1 aliphatic heterocycles. The molecule has 3 rings (SSSR count). The van der Waals surface area contributed by atoms with Gasteiger partial charge < -0.3 is 9.47 Å². The topological polar surface area (TPSA) is 43.7 Å². The predicted octanol–water partition coefficient (Wildman–Crippen LogP) is 2.34. The quantitative estimate of drug-likeness (QED) is 0.790. The molecule has 0 saturated carbocycles. The van der Waals surface area contributed by atoms with Crippen molar-refractivity contribution in [3.05, 3.63) is 54.4 Å². The van der Waals surface area contributed by atoms with Gasteiger partial charge in [-0.3, -0.25) is 9.98 Å². The van der Waals surface area contributed by atoms with Crippen LogP contribution in [0, 0.1) is 0 Å². The monoisotopic (exact) mass is 254 g/mol. The lowest BCUT2D eigenvalue weighted by Crippen LogP contribution is -2.31. The summed E-state index contributed by atoms with van der Waals surface area (Å²) in [5.74, 6) is 1.58. The fourth-order valence-electron chi connectivity index (χ4n) is 1.87. The van der Waals surface area contributed by atoms with E-state index in [-0.39, 0.29) is 6.10 Å². The molecule has 0 fully saturated rings. The molecule has 4 heteroatoms. The van der Waals surface area contributed by atoms with Crippen LogP contribution in [0.2, 0.25) is 0 Å². The summed E-state index contributed by atoms with van der Waals surface area (Å²) in [5.41, 5.74) is 0.847. The van der Waals surface area contributed by atoms with E-state index < -0.39 is 0 Å². The maximum atomic E-state index is 5.81. The van der Waals surface area contributed by atoms with Gasteiger partial charge >= 0.3 is 0 Å². The Bertz CT molecular complexity index is 569. The van der Waals surface area contributed by atoms with Gasteiger partial charge in [0.25, 0.3) is 0 Å². The number of nitrogens with zero attached hydrogens (tertiary/aromatic N) is 2. The fraction of sp³-hybridized carbons (Fsp3) is 0.200. The van der Waals surface area contributed by atoms with Crippen molar-refractivity contribution < 1.29 is 9.47 Å². The molecule has 0 amide bonds. The number of pyridine rings is 1. The molecular formula is C15H14N2O2. The summed E-state index contributed by atoms with van der Waals surface area (Å²) in [4.78, 5) is 8.52. The minimum absolute atomic E-state index is 0.0464. The van der Waals surface area contributed by atoms with Crippen LogP contribution >= 0.6 is 0 Å². The third-order valence-electron chi connectivity index (χ3n) is 2.79. The zero-order valence-corrected chi connectivity index (χ0v) is 10.4. The Hall–Kier alpha value is -2.36. The van der Waals surface area contributed by atoms with Gasteiger partial charge in [0.05, 0.1) is 12.2 Å². The molecule has 4 nitrogen and oxygen atoms in total. The van der Waals surface area contributed by atoms with E-state index in [1.165, 1.54) is 0 Å². The molecule has 2 aromatic rings. The molecule has 0 radical (unpaired) electrons. The second kappa shape index (κ2) is 5.52. The lowest BCUT2D eigenvalue weighted by molar-refractivity contribution is 0.0973. The van der Waals surface area contributed by atoms with Gasteiger partial charge in [0.15, 0.2) is 17.6 Å². The summed E-state index contributed by atoms with van der Waals surface area (Å²) in [6, 6.07) is 13.4. The number of ether oxygens (including phenoxy) is 2. The molecule has 1 aromatic carbocycles. The third-order valence-corrected chi connectivity index (χ3v) is 2.79. The molecule has 19 heavy (non-hydrogen) atoms. The second-order valence-electron chi connectivity index (χ2n) is 4.25. The van der Waals surface area contributed by atoms with Crippen molar-refractivity contribution >= 4 is 6.21 Å². The standard InChI is InChI=1S/C15H14N2O2/c1-2-7-15-14(6-1)18-11-13(19-15)10-16-9-12-5-3-4-8-17-12/h1-9,13H,10-11H2. The highest BCUT2D eigenvalue weighted by Gasteiger charge is 2.19. The number of hydrogen-bond donors (Lipinski definition) is 0. The summed E-state index contributed by atoms with van der Waals surface area (Å²) in [6.07, 6.45) is 3.46. The SMILES string of the molecule is C(=NCC1COc2ccccc2O1)c1ccccn1. The van der Waals surface area contributed by atoms with Gasteiger partial charge in [-0.1, -0.05) is 18.2 Å². The van der Waals surface area contributed by atoms with Crippen LogP contribution in [-0.4, -0.2) is 30.5 Å². The van der Waals surface area contributed by atoms with Crippen LogP contribution < -0.4 is 9.47 Å². The molecule has 0 N–H and O–H groups in total. The minimum atomic E-state index is -0.0464. The number of para-hydroxylation sites is 2. The Morgan fingerprint density at radius 2 is 2.00 bits per heavy atom. The van der Waals surface area contributed by atoms with Gasteiger partial charge in [0, 0.05) is 12.4 Å². The van der Waals surface area contributed by atoms with Gasteiger partial charge in [0.1, 0.15) is 6.61 Å². The van der Waals surface area contributed by atoms with E-state index in [4.69, 9.17) is 9.47 Å². The first-order valence-electron chi connectivity index (χ1n) is 6.21. The van der Waals surface area contributed by atoms with Crippen LogP contribution in [0.3, 0.4) is 0 Å². The molecule has 1 aromatic heterocycles. The van der Waals surface area contributed by atoms with E-state index in [9.17, 15) is 0 Å². The van der Waals surface area contributed by atoms with E-state index in [2.05, 4.69) is 9.98 Å².